The van der Waals surface area contributed by atoms with E-state index in [1.807, 2.05) is 42.1 Å². The molecule has 1 saturated heterocycles. The van der Waals surface area contributed by atoms with Crippen molar-refractivity contribution in [2.45, 2.75) is 24.6 Å². The highest BCUT2D eigenvalue weighted by Crippen LogP contribution is 2.16. The maximum atomic E-state index is 11.9. The first kappa shape index (κ1) is 16.4. The largest absolute Gasteiger partial charge is 0.337 e. The molecule has 21 heavy (non-hydrogen) atoms. The molecule has 1 aliphatic heterocycles. The lowest BCUT2D eigenvalue weighted by Gasteiger charge is -2.22. The highest BCUT2D eigenvalue weighted by Gasteiger charge is 2.15. The maximum absolute atomic E-state index is 11.9. The normalized spacial score (nSPS) is 19.7. The van der Waals surface area contributed by atoms with E-state index >= 15 is 0 Å². The number of nitrogens with one attached hydrogen (secondary N) is 2. The van der Waals surface area contributed by atoms with Crippen LogP contribution in [-0.4, -0.2) is 40.1 Å². The van der Waals surface area contributed by atoms with Crippen LogP contribution < -0.4 is 10.6 Å². The van der Waals surface area contributed by atoms with Gasteiger partial charge in [-0.25, -0.2) is 4.79 Å². The van der Waals surface area contributed by atoms with Gasteiger partial charge in [0.1, 0.15) is 0 Å². The fourth-order valence-corrected chi connectivity index (χ4v) is 4.31. The van der Waals surface area contributed by atoms with E-state index in [2.05, 4.69) is 10.6 Å². The molecular weight excluding hydrogens is 304 g/mol. The highest BCUT2D eigenvalue weighted by atomic mass is 32.2. The molecule has 0 radical (unpaired) electrons. The highest BCUT2D eigenvalue weighted by molar-refractivity contribution is 7.99. The first-order valence-electron chi connectivity index (χ1n) is 7.25. The Kier molecular flexibility index (Phi) is 7.09. The first-order valence-corrected chi connectivity index (χ1v) is 9.89. The lowest BCUT2D eigenvalue weighted by molar-refractivity contribution is 0.238. The molecule has 0 bridgehead atoms. The van der Waals surface area contributed by atoms with Crippen LogP contribution in [0.25, 0.3) is 0 Å². The number of amides is 2. The van der Waals surface area contributed by atoms with Crippen LogP contribution in [0.1, 0.15) is 18.4 Å². The summed E-state index contributed by atoms with van der Waals surface area (Å²) in [6, 6.07) is 9.91. The number of carbonyl (C=O) groups excluding carboxylic acids is 1. The fraction of sp³-hybridized carbons (Fsp3) is 0.533. The molecule has 4 nitrogen and oxygen atoms in total. The van der Waals surface area contributed by atoms with Crippen molar-refractivity contribution < 1.29 is 9.00 Å². The molecule has 0 aliphatic carbocycles. The zero-order chi connectivity index (χ0) is 14.9. The van der Waals surface area contributed by atoms with Crippen LogP contribution in [0, 0.1) is 0 Å². The Labute approximate surface area is 132 Å². The van der Waals surface area contributed by atoms with E-state index in [4.69, 9.17) is 0 Å². The third-order valence-corrected chi connectivity index (χ3v) is 5.81. The molecule has 0 spiro atoms. The molecule has 2 N–H and O–H groups in total. The van der Waals surface area contributed by atoms with Crippen LogP contribution in [0.3, 0.4) is 0 Å². The summed E-state index contributed by atoms with van der Waals surface area (Å²) in [7, 11) is -0.941. The Morgan fingerprint density at radius 1 is 1.33 bits per heavy atom. The predicted molar refractivity (Wildman–Crippen MR) is 90.0 cm³/mol. The van der Waals surface area contributed by atoms with E-state index < -0.39 is 10.8 Å². The van der Waals surface area contributed by atoms with Crippen molar-refractivity contribution in [2.75, 3.05) is 23.8 Å². The number of carbonyl (C=O) groups is 1. The molecule has 1 aliphatic rings. The molecule has 2 rings (SSSR count). The van der Waals surface area contributed by atoms with Gasteiger partial charge >= 0.3 is 6.03 Å². The Morgan fingerprint density at radius 2 is 2.14 bits per heavy atom. The van der Waals surface area contributed by atoms with Gasteiger partial charge in [0.25, 0.3) is 0 Å². The summed E-state index contributed by atoms with van der Waals surface area (Å²) in [5.74, 6) is 3.22. The quantitative estimate of drug-likeness (QED) is 0.842. The first-order chi connectivity index (χ1) is 10.2. The smallest absolute Gasteiger partial charge is 0.315 e. The molecular formula is C15H22N2O2S2. The van der Waals surface area contributed by atoms with E-state index in [1.165, 1.54) is 5.75 Å². The Bertz CT molecular complexity index is 462. The van der Waals surface area contributed by atoms with Gasteiger partial charge < -0.3 is 10.6 Å². The summed E-state index contributed by atoms with van der Waals surface area (Å²) in [5, 5.41) is 5.77. The zero-order valence-corrected chi connectivity index (χ0v) is 13.7. The van der Waals surface area contributed by atoms with Crippen molar-refractivity contribution in [3.05, 3.63) is 35.9 Å². The zero-order valence-electron chi connectivity index (χ0n) is 12.0. The number of benzene rings is 1. The molecule has 0 saturated carbocycles. The average Bonchev–Trinajstić information content (AvgIpc) is 2.49. The standard InChI is InChI=1S/C15H22N2O2S2/c18-15(17-14-7-4-9-20-11-14)16-8-10-21(19)12-13-5-2-1-3-6-13/h1-3,5-6,14H,4,7-12H2,(H2,16,17,18)/t14-,21-/m0/s1. The van der Waals surface area contributed by atoms with Crippen molar-refractivity contribution >= 4 is 28.6 Å². The van der Waals surface area contributed by atoms with E-state index in [9.17, 15) is 9.00 Å². The van der Waals surface area contributed by atoms with Crippen LogP contribution in [0.4, 0.5) is 4.79 Å². The Hall–Kier alpha value is -1.01. The molecule has 1 heterocycles. The fourth-order valence-electron chi connectivity index (χ4n) is 2.20. The third kappa shape index (κ3) is 6.52. The van der Waals surface area contributed by atoms with Crippen LogP contribution >= 0.6 is 11.8 Å². The predicted octanol–water partition coefficient (Wildman–Crippen LogP) is 2.13. The second-order valence-electron chi connectivity index (χ2n) is 5.09. The van der Waals surface area contributed by atoms with Crippen LogP contribution in [0.5, 0.6) is 0 Å². The Morgan fingerprint density at radius 3 is 2.86 bits per heavy atom. The molecule has 6 heteroatoms. The van der Waals surface area contributed by atoms with Crippen molar-refractivity contribution in [3.8, 4) is 0 Å². The molecule has 0 aromatic heterocycles. The van der Waals surface area contributed by atoms with Gasteiger partial charge in [-0.1, -0.05) is 30.3 Å². The van der Waals surface area contributed by atoms with Gasteiger partial charge in [-0.2, -0.15) is 11.8 Å². The SMILES string of the molecule is O=C(NCC[S@](=O)Cc1ccccc1)N[C@H]1CCCSC1. The third-order valence-electron chi connectivity index (χ3n) is 3.28. The van der Waals surface area contributed by atoms with Gasteiger partial charge in [-0.05, 0) is 24.2 Å². The van der Waals surface area contributed by atoms with Crippen LogP contribution in [-0.2, 0) is 16.6 Å². The second kappa shape index (κ2) is 9.10. The van der Waals surface area contributed by atoms with Gasteiger partial charge in [0.15, 0.2) is 0 Å². The van der Waals surface area contributed by atoms with Crippen LogP contribution in [0.15, 0.2) is 30.3 Å². The number of hydrogen-bond acceptors (Lipinski definition) is 3. The summed E-state index contributed by atoms with van der Waals surface area (Å²) in [5.41, 5.74) is 1.07. The summed E-state index contributed by atoms with van der Waals surface area (Å²) in [6.07, 6.45) is 2.22. The van der Waals surface area contributed by atoms with Gasteiger partial charge in [-0.3, -0.25) is 4.21 Å². The molecule has 2 amide bonds. The van der Waals surface area contributed by atoms with Crippen molar-refractivity contribution in [1.29, 1.82) is 0 Å². The van der Waals surface area contributed by atoms with Gasteiger partial charge in [0.2, 0.25) is 0 Å². The topological polar surface area (TPSA) is 58.2 Å². The summed E-state index contributed by atoms with van der Waals surface area (Å²) in [6.45, 7) is 0.450. The molecule has 1 aromatic carbocycles. The summed E-state index contributed by atoms with van der Waals surface area (Å²) in [4.78, 5) is 11.7. The number of rotatable bonds is 6. The minimum absolute atomic E-state index is 0.140. The number of thioether (sulfide) groups is 1. The molecule has 116 valence electrons. The molecule has 2 atom stereocenters. The monoisotopic (exact) mass is 326 g/mol. The van der Waals surface area contributed by atoms with E-state index in [-0.39, 0.29) is 12.1 Å². The van der Waals surface area contributed by atoms with Gasteiger partial charge in [0, 0.05) is 40.6 Å². The van der Waals surface area contributed by atoms with Gasteiger partial charge in [0.05, 0.1) is 0 Å². The lowest BCUT2D eigenvalue weighted by Crippen LogP contribution is -2.45. The van der Waals surface area contributed by atoms with Gasteiger partial charge in [-0.15, -0.1) is 0 Å². The van der Waals surface area contributed by atoms with Crippen LogP contribution in [0.2, 0.25) is 0 Å². The molecule has 1 aromatic rings. The van der Waals surface area contributed by atoms with Crippen molar-refractivity contribution in [3.63, 3.8) is 0 Å². The molecule has 1 fully saturated rings. The number of hydrogen-bond donors (Lipinski definition) is 2. The average molecular weight is 326 g/mol. The summed E-state index contributed by atoms with van der Waals surface area (Å²) >= 11 is 1.88. The number of urea groups is 1. The maximum Gasteiger partial charge on any atom is 0.315 e. The minimum Gasteiger partial charge on any atom is -0.337 e. The minimum atomic E-state index is -0.941. The van der Waals surface area contributed by atoms with E-state index in [0.717, 1.165) is 24.2 Å². The van der Waals surface area contributed by atoms with Crippen molar-refractivity contribution in [2.24, 2.45) is 0 Å². The lowest BCUT2D eigenvalue weighted by atomic mass is 10.2. The second-order valence-corrected chi connectivity index (χ2v) is 7.81. The Balaban J connectivity index is 1.60. The van der Waals surface area contributed by atoms with E-state index in [1.54, 1.807) is 0 Å². The van der Waals surface area contributed by atoms with E-state index in [0.29, 0.717) is 18.1 Å². The molecule has 0 unspecified atom stereocenters. The van der Waals surface area contributed by atoms with Crippen molar-refractivity contribution in [1.82, 2.24) is 10.6 Å². The summed E-state index contributed by atoms with van der Waals surface area (Å²) < 4.78 is 11.9.